The molecule has 0 spiro atoms. The third-order valence-corrected chi connectivity index (χ3v) is 4.99. The summed E-state index contributed by atoms with van der Waals surface area (Å²) < 4.78 is 22.0. The number of ether oxygens (including phenoxy) is 4. The van der Waals surface area contributed by atoms with Crippen LogP contribution in [0.3, 0.4) is 0 Å². The van der Waals surface area contributed by atoms with Crippen LogP contribution in [-0.2, 0) is 51.7 Å². The second-order valence-corrected chi connectivity index (χ2v) is 6.47. The number of hydrogen-bond acceptors (Lipinski definition) is 9. The quantitative estimate of drug-likeness (QED) is 0.301. The van der Waals surface area contributed by atoms with Crippen molar-refractivity contribution in [3.05, 3.63) is 5.73 Å². The predicted molar refractivity (Wildman–Crippen MR) is 85.5 cm³/mol. The number of hydrogen-bond donors (Lipinski definition) is 5. The summed E-state index contributed by atoms with van der Waals surface area (Å²) in [5.41, 5.74) is 7.98. The van der Waals surface area contributed by atoms with Crippen molar-refractivity contribution < 1.29 is 72.1 Å². The van der Waals surface area contributed by atoms with Crippen LogP contribution in [0.15, 0.2) is 0 Å². The van der Waals surface area contributed by atoms with Crippen LogP contribution in [0.1, 0.15) is 6.92 Å². The maximum absolute atomic E-state index is 10.4. The van der Waals surface area contributed by atoms with Crippen molar-refractivity contribution in [2.24, 2.45) is 5.92 Å². The van der Waals surface area contributed by atoms with E-state index in [0.717, 1.165) is 0 Å². The fraction of sp³-hybridized carbons (Fsp3) is 1.00. The van der Waals surface area contributed by atoms with Crippen LogP contribution < -0.4 is 5.32 Å². The van der Waals surface area contributed by atoms with Crippen molar-refractivity contribution in [1.29, 1.82) is 0 Å². The minimum Gasteiger partial charge on any atom is -0.668 e. The molecule has 2 saturated heterocycles. The summed E-state index contributed by atoms with van der Waals surface area (Å²) in [7, 11) is 2.98. The van der Waals surface area contributed by atoms with Crippen LogP contribution in [-0.4, -0.2) is 103 Å². The fourth-order valence-corrected chi connectivity index (χ4v) is 3.31. The number of likely N-dealkylation sites (N-methyl/N-ethyl adjacent to an activating group) is 1. The van der Waals surface area contributed by atoms with Crippen LogP contribution in [0, 0.1) is 5.92 Å². The Morgan fingerprint density at radius 2 is 1.62 bits per heavy atom. The molecule has 0 aromatic carbocycles. The Bertz CT molecular complexity index is 421. The summed E-state index contributed by atoms with van der Waals surface area (Å²) in [5.74, 6) is -0.328. The second-order valence-electron chi connectivity index (χ2n) is 6.47. The molecule has 6 N–H and O–H groups in total. The molecule has 0 saturated carbocycles. The molecule has 0 amide bonds. The van der Waals surface area contributed by atoms with E-state index in [9.17, 15) is 20.4 Å². The number of aliphatic hydroxyl groups excluding tert-OH is 4. The van der Waals surface area contributed by atoms with Gasteiger partial charge in [0.2, 0.25) is 0 Å². The van der Waals surface area contributed by atoms with Crippen LogP contribution >= 0.6 is 0 Å². The Morgan fingerprint density at radius 3 is 2.12 bits per heavy atom. The minimum absolute atomic E-state index is 0. The molecule has 26 heavy (non-hydrogen) atoms. The zero-order chi connectivity index (χ0) is 18.7. The van der Waals surface area contributed by atoms with Crippen molar-refractivity contribution in [1.82, 2.24) is 5.32 Å². The predicted octanol–water partition coefficient (Wildman–Crippen LogP) is -2.18. The van der Waals surface area contributed by atoms with Crippen molar-refractivity contribution in [2.45, 2.75) is 62.1 Å². The molecule has 151 valence electrons. The maximum Gasteiger partial charge on any atom is 0.176 e. The monoisotopic (exact) mass is 454 g/mol. The van der Waals surface area contributed by atoms with Gasteiger partial charge in [-0.25, -0.2) is 0 Å². The van der Waals surface area contributed by atoms with Gasteiger partial charge in [-0.2, -0.15) is 0 Å². The number of aliphatic hydroxyl groups is 4. The van der Waals surface area contributed by atoms with E-state index in [2.05, 4.69) is 5.32 Å². The average Bonchev–Trinajstić information content (AvgIpc) is 2.62. The molecule has 0 aromatic rings. The third-order valence-electron chi connectivity index (χ3n) is 4.99. The van der Waals surface area contributed by atoms with Crippen molar-refractivity contribution in [3.63, 3.8) is 0 Å². The second kappa shape index (κ2) is 11.0. The molecule has 0 aliphatic carbocycles. The Labute approximate surface area is 178 Å². The topological polar surface area (TPSA) is 154 Å². The van der Waals surface area contributed by atoms with Gasteiger partial charge in [-0.3, -0.25) is 0 Å². The van der Waals surface area contributed by atoms with Gasteiger partial charge in [0.1, 0.15) is 18.5 Å². The van der Waals surface area contributed by atoms with Crippen LogP contribution in [0.5, 0.6) is 0 Å². The van der Waals surface area contributed by atoms with Crippen LogP contribution in [0.25, 0.3) is 5.73 Å². The largest absolute Gasteiger partial charge is 0.668 e. The molecule has 0 bridgehead atoms. The van der Waals surface area contributed by atoms with E-state index in [0.29, 0.717) is 0 Å². The summed E-state index contributed by atoms with van der Waals surface area (Å²) in [6, 6.07) is -1.75. The summed E-state index contributed by atoms with van der Waals surface area (Å²) in [5, 5.41) is 42.7. The van der Waals surface area contributed by atoms with E-state index in [1.165, 1.54) is 7.11 Å². The average molecular weight is 454 g/mol. The number of methoxy groups -OCH3 is 1. The van der Waals surface area contributed by atoms with Crippen molar-refractivity contribution in [2.75, 3.05) is 27.4 Å². The van der Waals surface area contributed by atoms with Crippen LogP contribution in [0.2, 0.25) is 0 Å². The summed E-state index contributed by atoms with van der Waals surface area (Å²) >= 11 is 0. The van der Waals surface area contributed by atoms with Gasteiger partial charge in [0, 0.05) is 45.7 Å². The Morgan fingerprint density at radius 1 is 1.04 bits per heavy atom. The first kappa shape index (κ1) is 24.7. The molecule has 10 nitrogen and oxygen atoms in total. The smallest absolute Gasteiger partial charge is 0.176 e. The van der Waals surface area contributed by atoms with Crippen molar-refractivity contribution in [3.8, 4) is 0 Å². The molecule has 10 atom stereocenters. The molecule has 0 aromatic heterocycles. The first-order valence-corrected chi connectivity index (χ1v) is 8.34. The van der Waals surface area contributed by atoms with Gasteiger partial charge in [-0.1, -0.05) is 13.0 Å². The van der Waals surface area contributed by atoms with Crippen molar-refractivity contribution >= 4 is 0 Å². The Hall–Kier alpha value is 0.704. The zero-order valence-electron chi connectivity index (χ0n) is 15.2. The Balaban J connectivity index is 0.00000338. The molecule has 2 fully saturated rings. The van der Waals surface area contributed by atoms with Gasteiger partial charge < -0.3 is 50.4 Å². The van der Waals surface area contributed by atoms with Gasteiger partial charge in [0.15, 0.2) is 6.29 Å². The van der Waals surface area contributed by atoms with Gasteiger partial charge in [-0.05, 0) is 7.05 Å². The van der Waals surface area contributed by atoms with E-state index in [1.54, 1.807) is 14.0 Å². The van der Waals surface area contributed by atoms with Gasteiger partial charge in [0.25, 0.3) is 0 Å². The molecule has 2 rings (SSSR count). The Kier molecular flexibility index (Phi) is 10.5. The standard InChI is InChI=1S/C15H29N2O8.Y/c1-6-7(4-18)23-15(10(17-2)11(6)20)25-13-8(5-19)24-14(22-3)9(16)12(13)21;/h6-21H,4-5H2,1-3H3;/q-1;/t6-,7?,8?,9?,10?,11-,12?,13+,14-,15-;/m0./s1. The van der Waals surface area contributed by atoms with Gasteiger partial charge in [-0.15, -0.1) is 0 Å². The van der Waals surface area contributed by atoms with Crippen LogP contribution in [0.4, 0.5) is 0 Å². The normalized spacial score (nSPS) is 46.6. The minimum atomic E-state index is -1.29. The molecule has 11 heteroatoms. The first-order valence-electron chi connectivity index (χ1n) is 8.34. The third kappa shape index (κ3) is 5.00. The van der Waals surface area contributed by atoms with E-state index in [1.807, 2.05) is 0 Å². The summed E-state index contributed by atoms with van der Waals surface area (Å²) in [4.78, 5) is 0. The summed E-state index contributed by atoms with van der Waals surface area (Å²) in [6.45, 7) is 1.01. The van der Waals surface area contributed by atoms with Gasteiger partial charge >= 0.3 is 0 Å². The summed E-state index contributed by atoms with van der Waals surface area (Å²) in [6.07, 6.45) is -6.76. The van der Waals surface area contributed by atoms with E-state index in [4.69, 9.17) is 24.7 Å². The van der Waals surface area contributed by atoms with Gasteiger partial charge in [0.05, 0.1) is 37.6 Å². The molecule has 5 unspecified atom stereocenters. The zero-order valence-corrected chi connectivity index (χ0v) is 18.0. The molecule has 2 heterocycles. The van der Waals surface area contributed by atoms with E-state index in [-0.39, 0.29) is 45.2 Å². The number of rotatable bonds is 6. The SMILES string of the molecule is CNC1[C@H](O[C@@H]2C(CO)O[C@H](OC)C([NH-])C2O)OC(CO)[C@H](C)[C@@H]1O.[Y]. The number of nitrogens with one attached hydrogen (secondary N) is 2. The molecule has 2 aliphatic heterocycles. The molecular weight excluding hydrogens is 425 g/mol. The first-order chi connectivity index (χ1) is 11.9. The maximum atomic E-state index is 10.4. The molecular formula is C15H29N2O8Y-. The molecule has 2 aliphatic rings. The fourth-order valence-electron chi connectivity index (χ4n) is 3.31. The van der Waals surface area contributed by atoms with E-state index >= 15 is 0 Å². The van der Waals surface area contributed by atoms with E-state index < -0.39 is 61.8 Å². The molecule has 1 radical (unpaired) electrons.